The van der Waals surface area contributed by atoms with Crippen LogP contribution in [0.4, 0.5) is 4.39 Å². The molecule has 1 N–H and O–H groups in total. The van der Waals surface area contributed by atoms with Crippen molar-refractivity contribution in [2.45, 2.75) is 63.5 Å². The molecule has 1 aromatic heterocycles. The molecule has 0 unspecified atom stereocenters. The Bertz CT molecular complexity index is 1370. The summed E-state index contributed by atoms with van der Waals surface area (Å²) in [7, 11) is 1.66. The van der Waals surface area contributed by atoms with Crippen LogP contribution in [0.25, 0.3) is 11.6 Å². The van der Waals surface area contributed by atoms with Gasteiger partial charge < -0.3 is 14.6 Å². The van der Waals surface area contributed by atoms with Gasteiger partial charge in [-0.2, -0.15) is 0 Å². The van der Waals surface area contributed by atoms with Gasteiger partial charge in [-0.05, 0) is 84.7 Å². The molecule has 0 spiro atoms. The number of rotatable bonds is 8. The Morgan fingerprint density at radius 3 is 2.71 bits per heavy atom. The van der Waals surface area contributed by atoms with Gasteiger partial charge in [0.05, 0.1) is 36.8 Å². The molecule has 8 heteroatoms. The van der Waals surface area contributed by atoms with Crippen LogP contribution in [0.3, 0.4) is 0 Å². The van der Waals surface area contributed by atoms with Crippen molar-refractivity contribution in [2.75, 3.05) is 20.3 Å². The maximum Gasteiger partial charge on any atom is 0.234 e. The number of ether oxygens (including phenoxy) is 2. The number of hydrogen-bond acceptors (Lipinski definition) is 6. The Morgan fingerprint density at radius 2 is 1.98 bits per heavy atom. The third kappa shape index (κ3) is 5.35. The number of amides is 2. The average Bonchev–Trinajstić information content (AvgIpc) is 3.52. The molecule has 2 saturated heterocycles. The van der Waals surface area contributed by atoms with Gasteiger partial charge in [0.15, 0.2) is 11.6 Å². The van der Waals surface area contributed by atoms with Gasteiger partial charge in [0.25, 0.3) is 0 Å². The molecule has 0 radical (unpaired) electrons. The molecule has 6 rings (SSSR count). The van der Waals surface area contributed by atoms with E-state index in [1.807, 2.05) is 24.3 Å². The average molecular weight is 561 g/mol. The number of phenolic OH excluding ortho intramolecular Hbond substituents is 1. The lowest BCUT2D eigenvalue weighted by Gasteiger charge is -2.31. The molecule has 4 aliphatic rings. The van der Waals surface area contributed by atoms with Crippen molar-refractivity contribution in [2.24, 2.45) is 17.8 Å². The van der Waals surface area contributed by atoms with E-state index in [1.165, 1.54) is 12.1 Å². The third-order valence-electron chi connectivity index (χ3n) is 9.28. The van der Waals surface area contributed by atoms with Gasteiger partial charge in [0.2, 0.25) is 11.8 Å². The lowest BCUT2D eigenvalue weighted by Crippen LogP contribution is -2.42. The summed E-state index contributed by atoms with van der Waals surface area (Å²) in [6, 6.07) is 10.0. The minimum absolute atomic E-state index is 0.00972. The second-order valence-corrected chi connectivity index (χ2v) is 11.7. The molecule has 7 nitrogen and oxygen atoms in total. The number of fused-ring (bicyclic) bond motifs is 3. The number of likely N-dealkylation sites (tertiary alicyclic amines) is 1. The number of aromatic nitrogens is 1. The van der Waals surface area contributed by atoms with Crippen molar-refractivity contribution in [1.29, 1.82) is 0 Å². The topological polar surface area (TPSA) is 89.0 Å². The number of benzene rings is 1. The number of hydrogen-bond donors (Lipinski definition) is 1. The fourth-order valence-electron chi connectivity index (χ4n) is 7.43. The summed E-state index contributed by atoms with van der Waals surface area (Å²) in [6.45, 7) is 0.827. The van der Waals surface area contributed by atoms with Crippen molar-refractivity contribution >= 4 is 23.5 Å². The number of nitrogens with zero attached hydrogens (tertiary/aromatic N) is 2. The third-order valence-corrected chi connectivity index (χ3v) is 9.28. The lowest BCUT2D eigenvalue weighted by atomic mass is 9.69. The van der Waals surface area contributed by atoms with Crippen LogP contribution in [0.15, 0.2) is 53.7 Å². The van der Waals surface area contributed by atoms with Crippen LogP contribution in [0.2, 0.25) is 0 Å². The number of imide groups is 1. The van der Waals surface area contributed by atoms with Crippen LogP contribution in [-0.4, -0.2) is 59.3 Å². The maximum atomic E-state index is 14.1. The van der Waals surface area contributed by atoms with Crippen molar-refractivity contribution in [3.05, 3.63) is 70.8 Å². The van der Waals surface area contributed by atoms with E-state index in [1.54, 1.807) is 24.3 Å². The van der Waals surface area contributed by atoms with E-state index in [0.717, 1.165) is 54.5 Å². The standard InChI is InChI=1S/C33H37FN2O5/c1-40-18-22-17-24-31(33(39)36(32(24)38)23-7-3-2-4-8-23)25-19-41-29(30(22)25)13-11-21(27-9-5-6-14-35-27)15-20-10-12-28(37)26(34)16-20/h5-6,9-10,12,14-16,23-25,29,31,37H,2-4,7-8,11,13,17-19H2,1H3/b21-15-/t24-,25+,29-,31-/m1/s1. The molecule has 216 valence electrons. The summed E-state index contributed by atoms with van der Waals surface area (Å²) < 4.78 is 26.1. The minimum Gasteiger partial charge on any atom is -0.505 e. The fourth-order valence-corrected chi connectivity index (χ4v) is 7.43. The first-order valence-corrected chi connectivity index (χ1v) is 14.8. The highest BCUT2D eigenvalue weighted by Crippen LogP contribution is 2.51. The second kappa shape index (κ2) is 11.9. The zero-order chi connectivity index (χ0) is 28.5. The monoisotopic (exact) mass is 560 g/mol. The number of aromatic hydroxyl groups is 1. The number of halogens is 1. The van der Waals surface area contributed by atoms with Gasteiger partial charge in [-0.1, -0.05) is 31.4 Å². The Balaban J connectivity index is 1.26. The summed E-state index contributed by atoms with van der Waals surface area (Å²) >= 11 is 0. The highest BCUT2D eigenvalue weighted by atomic mass is 19.1. The SMILES string of the molecule is COCC1=C2[C@@H](CC/C(=C/c3ccc(O)c(F)c3)c3ccccn3)OC[C@@H]2[C@@H]2C(=O)N(C3CCCCC3)C(=O)[C@@H]2C1. The first-order chi connectivity index (χ1) is 20.0. The van der Waals surface area contributed by atoms with E-state index in [9.17, 15) is 19.1 Å². The Kier molecular flexibility index (Phi) is 8.04. The Labute approximate surface area is 240 Å². The van der Waals surface area contributed by atoms with E-state index >= 15 is 0 Å². The van der Waals surface area contributed by atoms with Gasteiger partial charge in [-0.25, -0.2) is 4.39 Å². The van der Waals surface area contributed by atoms with Gasteiger partial charge >= 0.3 is 0 Å². The maximum absolute atomic E-state index is 14.1. The predicted molar refractivity (Wildman–Crippen MR) is 152 cm³/mol. The molecule has 2 amide bonds. The van der Waals surface area contributed by atoms with Crippen LogP contribution >= 0.6 is 0 Å². The number of carbonyl (C=O) groups excluding carboxylic acids is 2. The summed E-state index contributed by atoms with van der Waals surface area (Å²) in [5.74, 6) is -1.91. The van der Waals surface area contributed by atoms with E-state index in [-0.39, 0.29) is 47.5 Å². The molecule has 4 atom stereocenters. The molecular formula is C33H37FN2O5. The summed E-state index contributed by atoms with van der Waals surface area (Å²) in [4.78, 5) is 33.6. The molecule has 2 aliphatic heterocycles. The van der Waals surface area contributed by atoms with Gasteiger partial charge in [0, 0.05) is 25.3 Å². The fraction of sp³-hybridized carbons (Fsp3) is 0.485. The summed E-state index contributed by atoms with van der Waals surface area (Å²) in [6.07, 6.45) is 10.3. The summed E-state index contributed by atoms with van der Waals surface area (Å²) in [5, 5.41) is 9.62. The molecule has 3 heterocycles. The zero-order valence-corrected chi connectivity index (χ0v) is 23.4. The molecule has 2 aliphatic carbocycles. The number of carbonyl (C=O) groups is 2. The predicted octanol–water partition coefficient (Wildman–Crippen LogP) is 5.54. The van der Waals surface area contributed by atoms with Crippen molar-refractivity contribution in [1.82, 2.24) is 9.88 Å². The first-order valence-electron chi connectivity index (χ1n) is 14.8. The van der Waals surface area contributed by atoms with Crippen molar-refractivity contribution in [3.63, 3.8) is 0 Å². The van der Waals surface area contributed by atoms with Crippen LogP contribution in [0, 0.1) is 23.6 Å². The molecular weight excluding hydrogens is 523 g/mol. The Morgan fingerprint density at radius 1 is 1.15 bits per heavy atom. The molecule has 1 saturated carbocycles. The van der Waals surface area contributed by atoms with E-state index in [2.05, 4.69) is 4.98 Å². The zero-order valence-electron chi connectivity index (χ0n) is 23.4. The lowest BCUT2D eigenvalue weighted by molar-refractivity contribution is -0.143. The van der Waals surface area contributed by atoms with Gasteiger partial charge in [-0.15, -0.1) is 0 Å². The molecule has 1 aromatic carbocycles. The smallest absolute Gasteiger partial charge is 0.234 e. The van der Waals surface area contributed by atoms with E-state index in [4.69, 9.17) is 9.47 Å². The molecule has 41 heavy (non-hydrogen) atoms. The van der Waals surface area contributed by atoms with Crippen LogP contribution < -0.4 is 0 Å². The summed E-state index contributed by atoms with van der Waals surface area (Å²) in [5.41, 5.74) is 4.53. The second-order valence-electron chi connectivity index (χ2n) is 11.7. The largest absolute Gasteiger partial charge is 0.505 e. The van der Waals surface area contributed by atoms with E-state index < -0.39 is 5.82 Å². The van der Waals surface area contributed by atoms with Crippen LogP contribution in [0.1, 0.15) is 62.6 Å². The number of methoxy groups -OCH3 is 1. The van der Waals surface area contributed by atoms with Crippen molar-refractivity contribution in [3.8, 4) is 5.75 Å². The Hall–Kier alpha value is -3.36. The number of phenols is 1. The van der Waals surface area contributed by atoms with Crippen molar-refractivity contribution < 1.29 is 28.6 Å². The van der Waals surface area contributed by atoms with E-state index in [0.29, 0.717) is 38.0 Å². The molecule has 3 fully saturated rings. The minimum atomic E-state index is -0.676. The first kappa shape index (κ1) is 27.8. The quantitative estimate of drug-likeness (QED) is 0.337. The molecule has 2 aromatic rings. The number of allylic oxidation sites excluding steroid dienone is 1. The normalized spacial score (nSPS) is 27.0. The highest BCUT2D eigenvalue weighted by Gasteiger charge is 2.58. The van der Waals surface area contributed by atoms with Crippen LogP contribution in [0.5, 0.6) is 5.75 Å². The van der Waals surface area contributed by atoms with Gasteiger partial charge in [0.1, 0.15) is 0 Å². The highest BCUT2D eigenvalue weighted by molar-refractivity contribution is 6.06. The van der Waals surface area contributed by atoms with Crippen LogP contribution in [-0.2, 0) is 19.1 Å². The molecule has 0 bridgehead atoms. The number of pyridine rings is 1. The van der Waals surface area contributed by atoms with Gasteiger partial charge in [-0.3, -0.25) is 19.5 Å².